The number of anilines is 2. The third-order valence-corrected chi connectivity index (χ3v) is 4.01. The predicted molar refractivity (Wildman–Crippen MR) is 81.7 cm³/mol. The molecule has 1 aliphatic rings. The number of nitrogens with zero attached hydrogens (tertiary/aromatic N) is 2. The average molecular weight is 276 g/mol. The molecule has 1 fully saturated rings. The van der Waals surface area contributed by atoms with Gasteiger partial charge in [-0.05, 0) is 30.9 Å². The molecule has 1 aromatic rings. The fourth-order valence-electron chi connectivity index (χ4n) is 2.40. The molecule has 0 aliphatic carbocycles. The first kappa shape index (κ1) is 14.8. The van der Waals surface area contributed by atoms with Crippen LogP contribution < -0.4 is 16.0 Å². The van der Waals surface area contributed by atoms with E-state index in [1.807, 2.05) is 26.0 Å². The molecule has 2 rings (SSSR count). The maximum Gasteiger partial charge on any atom is 0.241 e. The van der Waals surface area contributed by atoms with Crippen LogP contribution in [0.4, 0.5) is 11.5 Å². The van der Waals surface area contributed by atoms with E-state index in [1.54, 1.807) is 6.20 Å². The van der Waals surface area contributed by atoms with Crippen molar-refractivity contribution >= 4 is 17.4 Å². The van der Waals surface area contributed by atoms with Gasteiger partial charge in [-0.3, -0.25) is 4.79 Å². The summed E-state index contributed by atoms with van der Waals surface area (Å²) in [4.78, 5) is 18.8. The molecule has 0 spiro atoms. The van der Waals surface area contributed by atoms with Crippen LogP contribution in [0.1, 0.15) is 33.1 Å². The minimum atomic E-state index is -0.480. The Morgan fingerprint density at radius 1 is 1.50 bits per heavy atom. The van der Waals surface area contributed by atoms with E-state index < -0.39 is 6.04 Å². The minimum absolute atomic E-state index is 0.132. The Bertz CT molecular complexity index is 457. The molecular formula is C15H24N4O. The topological polar surface area (TPSA) is 71.2 Å². The molecule has 110 valence electrons. The van der Waals surface area contributed by atoms with Crippen molar-refractivity contribution in [2.24, 2.45) is 11.7 Å². The average Bonchev–Trinajstić information content (AvgIpc) is 3.00. The van der Waals surface area contributed by atoms with E-state index in [9.17, 15) is 4.79 Å². The lowest BCUT2D eigenvalue weighted by Gasteiger charge is -2.22. The van der Waals surface area contributed by atoms with Gasteiger partial charge in [-0.1, -0.05) is 20.3 Å². The van der Waals surface area contributed by atoms with Gasteiger partial charge >= 0.3 is 0 Å². The van der Waals surface area contributed by atoms with Crippen molar-refractivity contribution in [1.29, 1.82) is 0 Å². The quantitative estimate of drug-likeness (QED) is 0.863. The van der Waals surface area contributed by atoms with Crippen molar-refractivity contribution in [3.63, 3.8) is 0 Å². The SMILES string of the molecule is CC[C@H](C)[C@H](N)C(=O)Nc1cccnc1N1CCCC1. The monoisotopic (exact) mass is 276 g/mol. The standard InChI is InChI=1S/C15H24N4O/c1-3-11(2)13(16)15(20)18-12-7-6-8-17-14(12)19-9-4-5-10-19/h6-8,11,13H,3-5,9-10,16H2,1-2H3,(H,18,20)/t11-,13-/m0/s1. The second-order valence-electron chi connectivity index (χ2n) is 5.47. The number of pyridine rings is 1. The molecular weight excluding hydrogens is 252 g/mol. The van der Waals surface area contributed by atoms with Crippen molar-refractivity contribution < 1.29 is 4.79 Å². The van der Waals surface area contributed by atoms with E-state index in [2.05, 4.69) is 15.2 Å². The van der Waals surface area contributed by atoms with Crippen LogP contribution in [0.15, 0.2) is 18.3 Å². The first-order chi connectivity index (χ1) is 9.63. The zero-order valence-corrected chi connectivity index (χ0v) is 12.3. The van der Waals surface area contributed by atoms with Crippen LogP contribution in [0.3, 0.4) is 0 Å². The van der Waals surface area contributed by atoms with E-state index in [4.69, 9.17) is 5.73 Å². The summed E-state index contributed by atoms with van der Waals surface area (Å²) in [6.07, 6.45) is 5.01. The molecule has 0 radical (unpaired) electrons. The maximum absolute atomic E-state index is 12.2. The molecule has 0 aromatic carbocycles. The predicted octanol–water partition coefficient (Wildman–Crippen LogP) is 1.99. The summed E-state index contributed by atoms with van der Waals surface area (Å²) in [6, 6.07) is 3.25. The van der Waals surface area contributed by atoms with Crippen molar-refractivity contribution in [2.45, 2.75) is 39.2 Å². The molecule has 1 aliphatic heterocycles. The van der Waals surface area contributed by atoms with E-state index >= 15 is 0 Å². The lowest BCUT2D eigenvalue weighted by Crippen LogP contribution is -2.41. The Balaban J connectivity index is 2.11. The van der Waals surface area contributed by atoms with E-state index in [0.29, 0.717) is 0 Å². The fourth-order valence-corrected chi connectivity index (χ4v) is 2.40. The largest absolute Gasteiger partial charge is 0.355 e. The van der Waals surface area contributed by atoms with Crippen LogP contribution in [0.2, 0.25) is 0 Å². The van der Waals surface area contributed by atoms with Crippen molar-refractivity contribution in [3.8, 4) is 0 Å². The normalized spacial score (nSPS) is 17.9. The highest BCUT2D eigenvalue weighted by atomic mass is 16.2. The molecule has 0 bridgehead atoms. The molecule has 1 saturated heterocycles. The molecule has 0 saturated carbocycles. The highest BCUT2D eigenvalue weighted by Gasteiger charge is 2.22. The number of aromatic nitrogens is 1. The number of nitrogens with two attached hydrogens (primary N) is 1. The number of hydrogen-bond donors (Lipinski definition) is 2. The molecule has 3 N–H and O–H groups in total. The minimum Gasteiger partial charge on any atom is -0.355 e. The van der Waals surface area contributed by atoms with Crippen LogP contribution >= 0.6 is 0 Å². The Morgan fingerprint density at radius 3 is 2.85 bits per heavy atom. The Hall–Kier alpha value is -1.62. The highest BCUT2D eigenvalue weighted by molar-refractivity contribution is 5.97. The van der Waals surface area contributed by atoms with Gasteiger partial charge in [0.05, 0.1) is 11.7 Å². The third kappa shape index (κ3) is 3.28. The van der Waals surface area contributed by atoms with Gasteiger partial charge in [-0.15, -0.1) is 0 Å². The van der Waals surface area contributed by atoms with Crippen LogP contribution in [0.5, 0.6) is 0 Å². The lowest BCUT2D eigenvalue weighted by molar-refractivity contribution is -0.118. The summed E-state index contributed by atoms with van der Waals surface area (Å²) >= 11 is 0. The summed E-state index contributed by atoms with van der Waals surface area (Å²) < 4.78 is 0. The number of carbonyl (C=O) groups excluding carboxylic acids is 1. The number of amides is 1. The summed E-state index contributed by atoms with van der Waals surface area (Å²) in [5.74, 6) is 0.893. The maximum atomic E-state index is 12.2. The third-order valence-electron chi connectivity index (χ3n) is 4.01. The first-order valence-corrected chi connectivity index (χ1v) is 7.40. The fraction of sp³-hybridized carbons (Fsp3) is 0.600. The smallest absolute Gasteiger partial charge is 0.241 e. The summed E-state index contributed by atoms with van der Waals surface area (Å²) in [5.41, 5.74) is 6.74. The molecule has 20 heavy (non-hydrogen) atoms. The summed E-state index contributed by atoms with van der Waals surface area (Å²) in [5, 5.41) is 2.93. The molecule has 1 aromatic heterocycles. The van der Waals surface area contributed by atoms with Crippen LogP contribution in [-0.4, -0.2) is 30.0 Å². The van der Waals surface area contributed by atoms with Gasteiger partial charge in [0.1, 0.15) is 0 Å². The van der Waals surface area contributed by atoms with Gasteiger partial charge in [0, 0.05) is 19.3 Å². The van der Waals surface area contributed by atoms with Gasteiger partial charge in [0.2, 0.25) is 5.91 Å². The van der Waals surface area contributed by atoms with Crippen molar-refractivity contribution in [3.05, 3.63) is 18.3 Å². The number of nitrogens with one attached hydrogen (secondary N) is 1. The zero-order chi connectivity index (χ0) is 14.5. The van der Waals surface area contributed by atoms with Gasteiger partial charge in [-0.2, -0.15) is 0 Å². The van der Waals surface area contributed by atoms with Crippen LogP contribution in [0, 0.1) is 5.92 Å². The Labute approximate surface area is 120 Å². The second kappa shape index (κ2) is 6.70. The molecule has 5 heteroatoms. The van der Waals surface area contributed by atoms with Crippen molar-refractivity contribution in [2.75, 3.05) is 23.3 Å². The first-order valence-electron chi connectivity index (χ1n) is 7.40. The highest BCUT2D eigenvalue weighted by Crippen LogP contribution is 2.26. The summed E-state index contributed by atoms with van der Waals surface area (Å²) in [6.45, 7) is 6.03. The number of carbonyl (C=O) groups is 1. The molecule has 5 nitrogen and oxygen atoms in total. The lowest BCUT2D eigenvalue weighted by atomic mass is 9.99. The molecule has 1 amide bonds. The second-order valence-corrected chi connectivity index (χ2v) is 5.47. The van der Waals surface area contributed by atoms with Crippen LogP contribution in [0.25, 0.3) is 0 Å². The van der Waals surface area contributed by atoms with Crippen LogP contribution in [-0.2, 0) is 4.79 Å². The van der Waals surface area contributed by atoms with Gasteiger partial charge in [0.15, 0.2) is 5.82 Å². The molecule has 2 atom stereocenters. The Morgan fingerprint density at radius 2 is 2.20 bits per heavy atom. The molecule has 0 unspecified atom stereocenters. The van der Waals surface area contributed by atoms with E-state index in [1.165, 1.54) is 12.8 Å². The van der Waals surface area contributed by atoms with Crippen molar-refractivity contribution in [1.82, 2.24) is 4.98 Å². The van der Waals surface area contributed by atoms with E-state index in [-0.39, 0.29) is 11.8 Å². The van der Waals surface area contributed by atoms with Gasteiger partial charge in [0.25, 0.3) is 0 Å². The number of rotatable bonds is 5. The summed E-state index contributed by atoms with van der Waals surface area (Å²) in [7, 11) is 0. The Kier molecular flexibility index (Phi) is 4.95. The molecule has 2 heterocycles. The van der Waals surface area contributed by atoms with E-state index in [0.717, 1.165) is 31.0 Å². The zero-order valence-electron chi connectivity index (χ0n) is 12.3. The van der Waals surface area contributed by atoms with Gasteiger partial charge in [-0.25, -0.2) is 4.98 Å². The number of hydrogen-bond acceptors (Lipinski definition) is 4. The van der Waals surface area contributed by atoms with Gasteiger partial charge < -0.3 is 16.0 Å².